The van der Waals surface area contributed by atoms with Crippen LogP contribution >= 0.6 is 11.6 Å². The zero-order valence-electron chi connectivity index (χ0n) is 18.0. The van der Waals surface area contributed by atoms with E-state index in [9.17, 15) is 0 Å². The maximum absolute atomic E-state index is 6.52. The average molecular weight is 415 g/mol. The van der Waals surface area contributed by atoms with Crippen molar-refractivity contribution in [1.29, 1.82) is 0 Å². The van der Waals surface area contributed by atoms with Crippen molar-refractivity contribution in [2.45, 2.75) is 34.1 Å². The first-order valence-corrected chi connectivity index (χ1v) is 10.5. The lowest BCUT2D eigenvalue weighted by atomic mass is 9.98. The van der Waals surface area contributed by atoms with Gasteiger partial charge in [-0.2, -0.15) is 0 Å². The molecule has 3 rings (SSSR count). The highest BCUT2D eigenvalue weighted by Gasteiger charge is 2.07. The van der Waals surface area contributed by atoms with Gasteiger partial charge in [-0.15, -0.1) is 0 Å². The summed E-state index contributed by atoms with van der Waals surface area (Å²) in [5.74, 6) is 0.708. The first-order chi connectivity index (χ1) is 14.4. The average Bonchev–Trinajstić information content (AvgIpc) is 2.74. The maximum Gasteiger partial charge on any atom is 0.154 e. The van der Waals surface area contributed by atoms with Crippen LogP contribution in [0, 0.1) is 13.8 Å². The summed E-state index contributed by atoms with van der Waals surface area (Å²) in [6.07, 6.45) is 6.65. The highest BCUT2D eigenvalue weighted by Crippen LogP contribution is 2.27. The number of aromatic nitrogens is 1. The Bertz CT molecular complexity index is 1140. The minimum absolute atomic E-state index is 0.679. The van der Waals surface area contributed by atoms with Crippen molar-refractivity contribution in [3.05, 3.63) is 95.2 Å². The minimum Gasteiger partial charge on any atom is -0.236 e. The smallest absolute Gasteiger partial charge is 0.154 e. The Kier molecular flexibility index (Phi) is 7.02. The van der Waals surface area contributed by atoms with Crippen LogP contribution in [0.1, 0.15) is 41.7 Å². The standard InChI is InChI=1S/C27H27ClN2/c1-6-21-12-13-23(16-22(21)7-2)24-14-19(4)27(29-17-24)30-20(5)15-26(28)25-11-9-8-10-18(25)3/h6,8-17H,1,7H2,2-5H3/b26-15+,30-20?. The van der Waals surface area contributed by atoms with E-state index in [0.717, 1.165) is 39.9 Å². The van der Waals surface area contributed by atoms with E-state index < -0.39 is 0 Å². The zero-order valence-corrected chi connectivity index (χ0v) is 18.8. The van der Waals surface area contributed by atoms with E-state index in [1.54, 1.807) is 0 Å². The predicted octanol–water partition coefficient (Wildman–Crippen LogP) is 7.94. The lowest BCUT2D eigenvalue weighted by molar-refractivity contribution is 1.13. The Morgan fingerprint density at radius 3 is 2.50 bits per heavy atom. The summed E-state index contributed by atoms with van der Waals surface area (Å²) in [7, 11) is 0. The summed E-state index contributed by atoms with van der Waals surface area (Å²) in [4.78, 5) is 9.29. The number of pyridine rings is 1. The minimum atomic E-state index is 0.679. The fourth-order valence-corrected chi connectivity index (χ4v) is 3.80. The Hall–Kier alpha value is -2.97. The molecule has 1 aromatic heterocycles. The molecule has 30 heavy (non-hydrogen) atoms. The second-order valence-electron chi connectivity index (χ2n) is 7.40. The highest BCUT2D eigenvalue weighted by atomic mass is 35.5. The van der Waals surface area contributed by atoms with Crippen molar-refractivity contribution >= 4 is 34.2 Å². The van der Waals surface area contributed by atoms with Crippen LogP contribution in [-0.2, 0) is 6.42 Å². The number of aliphatic imine (C=N–C) groups is 1. The summed E-state index contributed by atoms with van der Waals surface area (Å²) >= 11 is 6.52. The summed E-state index contributed by atoms with van der Waals surface area (Å²) in [6.45, 7) is 12.1. The molecule has 0 N–H and O–H groups in total. The van der Waals surface area contributed by atoms with E-state index in [1.165, 1.54) is 11.1 Å². The Morgan fingerprint density at radius 1 is 1.07 bits per heavy atom. The van der Waals surface area contributed by atoms with Crippen LogP contribution in [-0.4, -0.2) is 10.7 Å². The molecule has 0 unspecified atom stereocenters. The molecule has 0 saturated heterocycles. The molecule has 0 spiro atoms. The summed E-state index contributed by atoms with van der Waals surface area (Å²) < 4.78 is 0. The number of hydrogen-bond acceptors (Lipinski definition) is 2. The number of aryl methyl sites for hydroxylation is 3. The summed E-state index contributed by atoms with van der Waals surface area (Å²) in [5.41, 5.74) is 8.70. The van der Waals surface area contributed by atoms with E-state index in [4.69, 9.17) is 11.6 Å². The predicted molar refractivity (Wildman–Crippen MR) is 132 cm³/mol. The van der Waals surface area contributed by atoms with Crippen LogP contribution in [0.25, 0.3) is 22.2 Å². The quantitative estimate of drug-likeness (QED) is 0.375. The van der Waals surface area contributed by atoms with Crippen LogP contribution in [0.15, 0.2) is 72.4 Å². The first-order valence-electron chi connectivity index (χ1n) is 10.1. The van der Waals surface area contributed by atoms with E-state index in [0.29, 0.717) is 10.9 Å². The van der Waals surface area contributed by atoms with Gasteiger partial charge in [-0.05, 0) is 72.7 Å². The number of benzene rings is 2. The topological polar surface area (TPSA) is 25.2 Å². The molecule has 3 heteroatoms. The molecule has 152 valence electrons. The summed E-state index contributed by atoms with van der Waals surface area (Å²) in [5, 5.41) is 0.679. The van der Waals surface area contributed by atoms with E-state index in [-0.39, 0.29) is 0 Å². The molecule has 1 heterocycles. The number of allylic oxidation sites excluding steroid dienone is 1. The van der Waals surface area contributed by atoms with Gasteiger partial charge in [0.2, 0.25) is 0 Å². The van der Waals surface area contributed by atoms with Crippen LogP contribution < -0.4 is 0 Å². The molecule has 0 atom stereocenters. The van der Waals surface area contributed by atoms with Crippen LogP contribution in [0.2, 0.25) is 0 Å². The second-order valence-corrected chi connectivity index (χ2v) is 7.80. The SMILES string of the molecule is C=Cc1ccc(-c2cnc(N=C(C)/C=C(/Cl)c3ccccc3C)c(C)c2)cc1CC. The normalized spacial score (nSPS) is 12.2. The number of hydrogen-bond donors (Lipinski definition) is 0. The van der Waals surface area contributed by atoms with Crippen molar-refractivity contribution in [2.24, 2.45) is 4.99 Å². The molecule has 0 saturated carbocycles. The molecule has 2 nitrogen and oxygen atoms in total. The fourth-order valence-electron chi connectivity index (χ4n) is 3.43. The van der Waals surface area contributed by atoms with Gasteiger partial charge in [0.05, 0.1) is 0 Å². The lowest BCUT2D eigenvalue weighted by Crippen LogP contribution is -1.92. The molecule has 3 aromatic rings. The largest absolute Gasteiger partial charge is 0.236 e. The third kappa shape index (κ3) is 4.95. The molecule has 0 radical (unpaired) electrons. The van der Waals surface area contributed by atoms with Crippen molar-refractivity contribution < 1.29 is 0 Å². The van der Waals surface area contributed by atoms with E-state index in [2.05, 4.69) is 47.7 Å². The highest BCUT2D eigenvalue weighted by molar-refractivity contribution is 6.50. The molecule has 0 bridgehead atoms. The third-order valence-electron chi connectivity index (χ3n) is 5.15. The van der Waals surface area contributed by atoms with Gasteiger partial charge in [0, 0.05) is 22.5 Å². The van der Waals surface area contributed by atoms with Crippen LogP contribution in [0.4, 0.5) is 5.82 Å². The van der Waals surface area contributed by atoms with Crippen molar-refractivity contribution in [3.8, 4) is 11.1 Å². The zero-order chi connectivity index (χ0) is 21.7. The van der Waals surface area contributed by atoms with Crippen molar-refractivity contribution in [2.75, 3.05) is 0 Å². The number of nitrogens with zero attached hydrogens (tertiary/aromatic N) is 2. The molecule has 0 aliphatic heterocycles. The molecule has 0 amide bonds. The van der Waals surface area contributed by atoms with E-state index >= 15 is 0 Å². The Balaban J connectivity index is 1.89. The van der Waals surface area contributed by atoms with Crippen molar-refractivity contribution in [1.82, 2.24) is 4.98 Å². The Labute approximate surface area is 184 Å². The molecule has 0 aliphatic carbocycles. The maximum atomic E-state index is 6.52. The van der Waals surface area contributed by atoms with Gasteiger partial charge in [0.15, 0.2) is 5.82 Å². The lowest BCUT2D eigenvalue weighted by Gasteiger charge is -2.09. The van der Waals surface area contributed by atoms with Gasteiger partial charge in [-0.25, -0.2) is 9.98 Å². The van der Waals surface area contributed by atoms with Gasteiger partial charge in [0.1, 0.15) is 0 Å². The first kappa shape index (κ1) is 21.7. The van der Waals surface area contributed by atoms with Gasteiger partial charge in [0.25, 0.3) is 0 Å². The summed E-state index contributed by atoms with van der Waals surface area (Å²) in [6, 6.07) is 16.6. The third-order valence-corrected chi connectivity index (χ3v) is 5.46. The molecule has 0 fully saturated rings. The monoisotopic (exact) mass is 414 g/mol. The number of halogens is 1. The second kappa shape index (κ2) is 9.69. The van der Waals surface area contributed by atoms with Gasteiger partial charge < -0.3 is 0 Å². The van der Waals surface area contributed by atoms with E-state index in [1.807, 2.05) is 63.4 Å². The van der Waals surface area contributed by atoms with Crippen LogP contribution in [0.3, 0.4) is 0 Å². The molecular formula is C27H27ClN2. The van der Waals surface area contributed by atoms with Gasteiger partial charge in [-0.1, -0.05) is 73.6 Å². The van der Waals surface area contributed by atoms with Gasteiger partial charge >= 0.3 is 0 Å². The molecule has 2 aromatic carbocycles. The fraction of sp³-hybridized carbons (Fsp3) is 0.185. The van der Waals surface area contributed by atoms with Crippen LogP contribution in [0.5, 0.6) is 0 Å². The van der Waals surface area contributed by atoms with Crippen molar-refractivity contribution in [3.63, 3.8) is 0 Å². The van der Waals surface area contributed by atoms with Gasteiger partial charge in [-0.3, -0.25) is 0 Å². The Morgan fingerprint density at radius 2 is 1.83 bits per heavy atom. The molecule has 0 aliphatic rings. The number of rotatable bonds is 6. The molecular weight excluding hydrogens is 388 g/mol.